The van der Waals surface area contributed by atoms with Gasteiger partial charge in [-0.2, -0.15) is 0 Å². The first-order chi connectivity index (χ1) is 15.7. The Morgan fingerprint density at radius 1 is 1.30 bits per heavy atom. The zero-order valence-electron chi connectivity index (χ0n) is 18.8. The minimum absolute atomic E-state index is 0.263. The van der Waals surface area contributed by atoms with Gasteiger partial charge in [0.2, 0.25) is 11.8 Å². The molecule has 4 rings (SSSR count). The van der Waals surface area contributed by atoms with Crippen molar-refractivity contribution < 1.29 is 19.5 Å². The predicted octanol–water partition coefficient (Wildman–Crippen LogP) is 2.32. The molecule has 4 atom stereocenters. The molecule has 1 aromatic carbocycles. The Morgan fingerprint density at radius 3 is 2.64 bits per heavy atom. The van der Waals surface area contributed by atoms with Gasteiger partial charge in [-0.3, -0.25) is 14.5 Å². The summed E-state index contributed by atoms with van der Waals surface area (Å²) in [6, 6.07) is 7.29. The summed E-state index contributed by atoms with van der Waals surface area (Å²) in [6.45, 7) is 7.08. The molecule has 3 heterocycles. The molecular weight excluding hydrogens is 480 g/mol. The molecule has 11 heteroatoms. The van der Waals surface area contributed by atoms with Crippen molar-refractivity contribution >= 4 is 57.8 Å². The third kappa shape index (κ3) is 4.48. The van der Waals surface area contributed by atoms with Crippen LogP contribution in [0.4, 0.5) is 0 Å². The van der Waals surface area contributed by atoms with Crippen LogP contribution in [0.3, 0.4) is 0 Å². The fourth-order valence-electron chi connectivity index (χ4n) is 4.68. The van der Waals surface area contributed by atoms with Crippen molar-refractivity contribution in [2.75, 3.05) is 19.1 Å². The first-order valence-corrected chi connectivity index (χ1v) is 13.2. The number of hydrogen-bond acceptors (Lipinski definition) is 7. The molecule has 2 N–H and O–H groups in total. The van der Waals surface area contributed by atoms with Gasteiger partial charge in [-0.15, -0.1) is 11.8 Å². The van der Waals surface area contributed by atoms with Crippen LogP contribution in [0.2, 0.25) is 0 Å². The molecule has 1 aromatic rings. The van der Waals surface area contributed by atoms with Crippen LogP contribution in [0.25, 0.3) is 0 Å². The summed E-state index contributed by atoms with van der Waals surface area (Å²) >= 11 is 8.45. The average Bonchev–Trinajstić information content (AvgIpc) is 3.03. The summed E-state index contributed by atoms with van der Waals surface area (Å²) in [7, 11) is 0. The highest BCUT2D eigenvalue weighted by Crippen LogP contribution is 2.50. The third-order valence-corrected chi connectivity index (χ3v) is 9.31. The highest BCUT2D eigenvalue weighted by molar-refractivity contribution is 8.22. The summed E-state index contributed by atoms with van der Waals surface area (Å²) in [6.07, 6.45) is 0.947. The molecule has 0 spiro atoms. The Hall–Kier alpha value is -1.82. The minimum atomic E-state index is -1.02. The number of fused-ring (bicyclic) bond motifs is 1. The number of carbonyl (C=O) groups excluding carboxylic acids is 2. The summed E-state index contributed by atoms with van der Waals surface area (Å²) in [5.41, 5.74) is 0.839. The molecule has 2 amide bonds. The lowest BCUT2D eigenvalue weighted by atomic mass is 9.95. The lowest BCUT2D eigenvalue weighted by Gasteiger charge is -2.45. The standard InChI is InChI=1S/C22H28N4O4S3/c1-4-10-24-11-25(12-32-21(24)31)15(13-8-6-5-7-9-13)17(27)23-14-18(28)26-16(20(29)30)22(2,3)33-19(14)26/h5-9,14-16,19H,4,10-12H2,1-3H3,(H,23,27)(H,29,30)/t14-,15-,16+,19+/m0/s1. The normalized spacial score (nSPS) is 27.7. The molecule has 33 heavy (non-hydrogen) atoms. The Bertz CT molecular complexity index is 960. The monoisotopic (exact) mass is 508 g/mol. The number of carbonyl (C=O) groups is 3. The number of aliphatic carboxylic acids is 1. The molecule has 8 nitrogen and oxygen atoms in total. The number of thiocarbonyl (C=S) groups is 1. The topological polar surface area (TPSA) is 93.2 Å². The largest absolute Gasteiger partial charge is 0.480 e. The quantitative estimate of drug-likeness (QED) is 0.425. The molecular formula is C22H28N4O4S3. The van der Waals surface area contributed by atoms with E-state index in [0.29, 0.717) is 12.5 Å². The van der Waals surface area contributed by atoms with Crippen LogP contribution >= 0.6 is 35.7 Å². The van der Waals surface area contributed by atoms with Crippen LogP contribution in [0.1, 0.15) is 38.8 Å². The SMILES string of the molecule is CCCN1CN([C@H](C(=O)N[C@H]2C(=O)N3[C@@H]2SC(C)(C)[C@H]3C(=O)O)c2ccccc2)CSC1=S. The molecule has 3 aliphatic heterocycles. The van der Waals surface area contributed by atoms with Gasteiger partial charge in [0.15, 0.2) is 0 Å². The Balaban J connectivity index is 1.54. The van der Waals surface area contributed by atoms with Gasteiger partial charge >= 0.3 is 5.97 Å². The number of thioether (sulfide) groups is 2. The van der Waals surface area contributed by atoms with Crippen molar-refractivity contribution in [2.45, 2.75) is 55.4 Å². The molecule has 0 radical (unpaired) electrons. The molecule has 0 aromatic heterocycles. The number of hydrogen-bond donors (Lipinski definition) is 2. The number of β-lactam (4-membered cyclic amide) rings is 1. The van der Waals surface area contributed by atoms with E-state index in [0.717, 1.165) is 22.8 Å². The summed E-state index contributed by atoms with van der Waals surface area (Å²) in [5.74, 6) is -1.05. The van der Waals surface area contributed by atoms with E-state index in [9.17, 15) is 19.5 Å². The molecule has 0 saturated carbocycles. The van der Waals surface area contributed by atoms with Crippen molar-refractivity contribution in [2.24, 2.45) is 0 Å². The molecule has 0 unspecified atom stereocenters. The smallest absolute Gasteiger partial charge is 0.327 e. The Labute approximate surface area is 207 Å². The van der Waals surface area contributed by atoms with E-state index in [1.54, 1.807) is 0 Å². The van der Waals surface area contributed by atoms with Crippen molar-refractivity contribution in [3.63, 3.8) is 0 Å². The van der Waals surface area contributed by atoms with Crippen LogP contribution in [0, 0.1) is 0 Å². The van der Waals surface area contributed by atoms with E-state index < -0.39 is 28.8 Å². The predicted molar refractivity (Wildman–Crippen MR) is 134 cm³/mol. The van der Waals surface area contributed by atoms with Crippen LogP contribution in [0.5, 0.6) is 0 Å². The van der Waals surface area contributed by atoms with Crippen molar-refractivity contribution in [3.8, 4) is 0 Å². The van der Waals surface area contributed by atoms with Crippen molar-refractivity contribution in [1.82, 2.24) is 20.0 Å². The van der Waals surface area contributed by atoms with E-state index >= 15 is 0 Å². The van der Waals surface area contributed by atoms with E-state index in [-0.39, 0.29) is 17.2 Å². The third-order valence-electron chi connectivity index (χ3n) is 6.16. The summed E-state index contributed by atoms with van der Waals surface area (Å²) in [4.78, 5) is 43.8. The fraction of sp³-hybridized carbons (Fsp3) is 0.545. The number of benzene rings is 1. The number of rotatable bonds is 7. The van der Waals surface area contributed by atoms with Gasteiger partial charge in [0.1, 0.15) is 27.8 Å². The number of carboxylic acids is 1. The Kier molecular flexibility index (Phi) is 6.95. The summed E-state index contributed by atoms with van der Waals surface area (Å²) in [5, 5.41) is 12.2. The van der Waals surface area contributed by atoms with Gasteiger partial charge in [-0.05, 0) is 25.8 Å². The highest BCUT2D eigenvalue weighted by Gasteiger charge is 2.64. The zero-order valence-corrected chi connectivity index (χ0v) is 21.2. The number of nitrogens with zero attached hydrogens (tertiary/aromatic N) is 3. The second-order valence-electron chi connectivity index (χ2n) is 8.93. The van der Waals surface area contributed by atoms with E-state index in [1.807, 2.05) is 44.2 Å². The number of amides is 2. The van der Waals surface area contributed by atoms with Gasteiger partial charge in [-0.25, -0.2) is 4.79 Å². The average molecular weight is 509 g/mol. The second-order valence-corrected chi connectivity index (χ2v) is 12.3. The first kappa shape index (κ1) is 24.3. The van der Waals surface area contributed by atoms with Gasteiger partial charge in [0, 0.05) is 11.3 Å². The van der Waals surface area contributed by atoms with Crippen LogP contribution < -0.4 is 5.32 Å². The van der Waals surface area contributed by atoms with Gasteiger partial charge in [0.25, 0.3) is 0 Å². The molecule has 178 valence electrons. The van der Waals surface area contributed by atoms with E-state index in [1.165, 1.54) is 28.4 Å². The van der Waals surface area contributed by atoms with Gasteiger partial charge in [0.05, 0.1) is 12.5 Å². The number of carboxylic acid groups (broad SMARTS) is 1. The lowest BCUT2D eigenvalue weighted by Crippen LogP contribution is -2.71. The fourth-order valence-corrected chi connectivity index (χ4v) is 7.45. The maximum Gasteiger partial charge on any atom is 0.327 e. The van der Waals surface area contributed by atoms with Crippen molar-refractivity contribution in [3.05, 3.63) is 35.9 Å². The molecule has 3 fully saturated rings. The van der Waals surface area contributed by atoms with Crippen molar-refractivity contribution in [1.29, 1.82) is 0 Å². The molecule has 3 saturated heterocycles. The lowest BCUT2D eigenvalue weighted by molar-refractivity contribution is -0.161. The van der Waals surface area contributed by atoms with Gasteiger partial charge < -0.3 is 20.2 Å². The highest BCUT2D eigenvalue weighted by atomic mass is 32.2. The van der Waals surface area contributed by atoms with E-state index in [2.05, 4.69) is 22.0 Å². The minimum Gasteiger partial charge on any atom is -0.480 e. The van der Waals surface area contributed by atoms with Gasteiger partial charge in [-0.1, -0.05) is 61.2 Å². The molecule has 3 aliphatic rings. The number of nitrogens with one attached hydrogen (secondary N) is 1. The second kappa shape index (κ2) is 9.44. The molecule has 0 aliphatic carbocycles. The summed E-state index contributed by atoms with van der Waals surface area (Å²) < 4.78 is 0.194. The first-order valence-electron chi connectivity index (χ1n) is 10.9. The molecule has 0 bridgehead atoms. The van der Waals surface area contributed by atoms with Crippen LogP contribution in [-0.2, 0) is 14.4 Å². The van der Waals surface area contributed by atoms with E-state index in [4.69, 9.17) is 12.2 Å². The Morgan fingerprint density at radius 2 is 2.00 bits per heavy atom. The maximum atomic E-state index is 13.6. The maximum absolute atomic E-state index is 13.6. The zero-order chi connectivity index (χ0) is 23.9. The van der Waals surface area contributed by atoms with Crippen LogP contribution in [0.15, 0.2) is 30.3 Å². The van der Waals surface area contributed by atoms with Crippen LogP contribution in [-0.4, -0.2) is 83.2 Å².